The minimum atomic E-state index is -0.209. The lowest BCUT2D eigenvalue weighted by molar-refractivity contribution is 0.173. The van der Waals surface area contributed by atoms with E-state index in [4.69, 9.17) is 15.7 Å². The standard InChI is InChI=1S/C16H17BrN2OS/c1-3-12(19)16(14-6-7-15(17)21-14)20-13-8-11(9-18)5-4-10(13)2/h4-8,12,16H,3,19H2,1-2H3. The molecule has 110 valence electrons. The first-order chi connectivity index (χ1) is 10.0. The van der Waals surface area contributed by atoms with Crippen LogP contribution in [0.25, 0.3) is 0 Å². The molecule has 0 bridgehead atoms. The van der Waals surface area contributed by atoms with Gasteiger partial charge < -0.3 is 10.5 Å². The largest absolute Gasteiger partial charge is 0.483 e. The third-order valence-electron chi connectivity index (χ3n) is 3.31. The molecule has 0 spiro atoms. The first-order valence-electron chi connectivity index (χ1n) is 6.73. The van der Waals surface area contributed by atoms with Crippen LogP contribution in [0.15, 0.2) is 34.1 Å². The van der Waals surface area contributed by atoms with Crippen LogP contribution in [0.5, 0.6) is 5.75 Å². The Hall–Kier alpha value is -1.35. The van der Waals surface area contributed by atoms with Gasteiger partial charge in [-0.3, -0.25) is 0 Å². The molecule has 0 aliphatic carbocycles. The highest BCUT2D eigenvalue weighted by molar-refractivity contribution is 9.11. The summed E-state index contributed by atoms with van der Waals surface area (Å²) in [4.78, 5) is 1.08. The van der Waals surface area contributed by atoms with Gasteiger partial charge in [0.1, 0.15) is 11.9 Å². The van der Waals surface area contributed by atoms with Crippen LogP contribution < -0.4 is 10.5 Å². The molecular weight excluding hydrogens is 348 g/mol. The molecule has 1 heterocycles. The van der Waals surface area contributed by atoms with Crippen LogP contribution in [0.3, 0.4) is 0 Å². The Morgan fingerprint density at radius 3 is 2.71 bits per heavy atom. The summed E-state index contributed by atoms with van der Waals surface area (Å²) in [5, 5.41) is 9.03. The number of nitrogens with two attached hydrogens (primary N) is 1. The van der Waals surface area contributed by atoms with Gasteiger partial charge >= 0.3 is 0 Å². The zero-order valence-electron chi connectivity index (χ0n) is 12.0. The van der Waals surface area contributed by atoms with Gasteiger partial charge in [-0.25, -0.2) is 0 Å². The number of nitrogens with zero attached hydrogens (tertiary/aromatic N) is 1. The third kappa shape index (κ3) is 3.85. The molecule has 2 rings (SSSR count). The fourth-order valence-corrected chi connectivity index (χ4v) is 3.51. The summed E-state index contributed by atoms with van der Waals surface area (Å²) in [5.74, 6) is 0.715. The molecule has 0 aliphatic heterocycles. The molecule has 0 amide bonds. The van der Waals surface area contributed by atoms with Gasteiger partial charge in [-0.1, -0.05) is 13.0 Å². The molecular formula is C16H17BrN2OS. The van der Waals surface area contributed by atoms with Gasteiger partial charge in [0.25, 0.3) is 0 Å². The van der Waals surface area contributed by atoms with Crippen LogP contribution in [0.1, 0.15) is 35.5 Å². The molecule has 0 saturated carbocycles. The quantitative estimate of drug-likeness (QED) is 0.846. The molecule has 1 aromatic carbocycles. The van der Waals surface area contributed by atoms with Gasteiger partial charge in [0, 0.05) is 10.9 Å². The van der Waals surface area contributed by atoms with Crippen molar-refractivity contribution < 1.29 is 4.74 Å². The minimum absolute atomic E-state index is 0.0966. The topological polar surface area (TPSA) is 59.0 Å². The maximum Gasteiger partial charge on any atom is 0.148 e. The summed E-state index contributed by atoms with van der Waals surface area (Å²) in [6.45, 7) is 4.01. The van der Waals surface area contributed by atoms with Crippen molar-refractivity contribution in [1.29, 1.82) is 5.26 Å². The second-order valence-electron chi connectivity index (χ2n) is 4.84. The Kier molecular flexibility index (Phi) is 5.40. The van der Waals surface area contributed by atoms with E-state index in [1.54, 1.807) is 23.5 Å². The molecule has 3 nitrogen and oxygen atoms in total. The first kappa shape index (κ1) is 16.0. The van der Waals surface area contributed by atoms with E-state index in [0.29, 0.717) is 11.3 Å². The molecule has 5 heteroatoms. The molecule has 21 heavy (non-hydrogen) atoms. The molecule has 0 saturated heterocycles. The van der Waals surface area contributed by atoms with Gasteiger partial charge in [-0.05, 0) is 59.1 Å². The second-order valence-corrected chi connectivity index (χ2v) is 7.34. The normalized spacial score (nSPS) is 13.5. The Labute approximate surface area is 137 Å². The molecule has 2 unspecified atom stereocenters. The predicted molar refractivity (Wildman–Crippen MR) is 89.5 cm³/mol. The highest BCUT2D eigenvalue weighted by atomic mass is 79.9. The molecule has 2 atom stereocenters. The highest BCUT2D eigenvalue weighted by Crippen LogP contribution is 2.34. The number of thiophene rings is 1. The van der Waals surface area contributed by atoms with Crippen molar-refractivity contribution in [3.63, 3.8) is 0 Å². The molecule has 0 aliphatic rings. The van der Waals surface area contributed by atoms with E-state index >= 15 is 0 Å². The number of hydrogen-bond acceptors (Lipinski definition) is 4. The second kappa shape index (κ2) is 7.08. The Morgan fingerprint density at radius 1 is 1.38 bits per heavy atom. The smallest absolute Gasteiger partial charge is 0.148 e. The third-order valence-corrected chi connectivity index (χ3v) is 4.99. The maximum atomic E-state index is 9.03. The van der Waals surface area contributed by atoms with Crippen molar-refractivity contribution in [2.75, 3.05) is 0 Å². The highest BCUT2D eigenvalue weighted by Gasteiger charge is 2.23. The Bertz CT molecular complexity index is 663. The lowest BCUT2D eigenvalue weighted by atomic mass is 10.1. The number of rotatable bonds is 5. The van der Waals surface area contributed by atoms with Gasteiger partial charge in [0.2, 0.25) is 0 Å². The zero-order chi connectivity index (χ0) is 15.4. The summed E-state index contributed by atoms with van der Waals surface area (Å²) in [6, 6.07) is 11.5. The van der Waals surface area contributed by atoms with Crippen LogP contribution in [-0.2, 0) is 0 Å². The fourth-order valence-electron chi connectivity index (χ4n) is 1.99. The predicted octanol–water partition coefficient (Wildman–Crippen LogP) is 4.55. The van der Waals surface area contributed by atoms with E-state index in [2.05, 4.69) is 22.0 Å². The Balaban J connectivity index is 2.33. The average molecular weight is 365 g/mol. The van der Waals surface area contributed by atoms with Crippen LogP contribution >= 0.6 is 27.3 Å². The van der Waals surface area contributed by atoms with Gasteiger partial charge in [-0.2, -0.15) is 5.26 Å². The maximum absolute atomic E-state index is 9.03. The Morgan fingerprint density at radius 2 is 2.14 bits per heavy atom. The molecule has 2 aromatic rings. The van der Waals surface area contributed by atoms with Crippen LogP contribution in [0.2, 0.25) is 0 Å². The van der Waals surface area contributed by atoms with Crippen molar-refractivity contribution >= 4 is 27.3 Å². The van der Waals surface area contributed by atoms with E-state index in [0.717, 1.165) is 20.6 Å². The number of halogens is 1. The molecule has 2 N–H and O–H groups in total. The van der Waals surface area contributed by atoms with Crippen LogP contribution in [0, 0.1) is 18.3 Å². The van der Waals surface area contributed by atoms with E-state index in [1.807, 2.05) is 32.0 Å². The molecule has 0 fully saturated rings. The average Bonchev–Trinajstić information content (AvgIpc) is 2.91. The van der Waals surface area contributed by atoms with E-state index < -0.39 is 0 Å². The SMILES string of the molecule is CCC(N)C(Oc1cc(C#N)ccc1C)c1ccc(Br)s1. The van der Waals surface area contributed by atoms with Crippen molar-refractivity contribution in [2.24, 2.45) is 5.73 Å². The van der Waals surface area contributed by atoms with E-state index in [-0.39, 0.29) is 12.1 Å². The summed E-state index contributed by atoms with van der Waals surface area (Å²) < 4.78 is 7.21. The van der Waals surface area contributed by atoms with Crippen molar-refractivity contribution in [1.82, 2.24) is 0 Å². The zero-order valence-corrected chi connectivity index (χ0v) is 14.4. The van der Waals surface area contributed by atoms with Gasteiger partial charge in [-0.15, -0.1) is 11.3 Å². The molecule has 1 aromatic heterocycles. The minimum Gasteiger partial charge on any atom is -0.483 e. The van der Waals surface area contributed by atoms with Gasteiger partial charge in [0.15, 0.2) is 0 Å². The van der Waals surface area contributed by atoms with Gasteiger partial charge in [0.05, 0.1) is 15.4 Å². The van der Waals surface area contributed by atoms with E-state index in [9.17, 15) is 0 Å². The van der Waals surface area contributed by atoms with Crippen LogP contribution in [0.4, 0.5) is 0 Å². The van der Waals surface area contributed by atoms with Crippen molar-refractivity contribution in [2.45, 2.75) is 32.4 Å². The first-order valence-corrected chi connectivity index (χ1v) is 8.34. The number of ether oxygens (including phenoxy) is 1. The van der Waals surface area contributed by atoms with E-state index in [1.165, 1.54) is 0 Å². The number of aryl methyl sites for hydroxylation is 1. The summed E-state index contributed by atoms with van der Waals surface area (Å²) in [7, 11) is 0. The monoisotopic (exact) mass is 364 g/mol. The molecule has 0 radical (unpaired) electrons. The number of nitriles is 1. The summed E-state index contributed by atoms with van der Waals surface area (Å²) >= 11 is 5.09. The fraction of sp³-hybridized carbons (Fsp3) is 0.312. The van der Waals surface area contributed by atoms with Crippen LogP contribution in [-0.4, -0.2) is 6.04 Å². The number of hydrogen-bond donors (Lipinski definition) is 1. The lowest BCUT2D eigenvalue weighted by Gasteiger charge is -2.24. The number of benzene rings is 1. The van der Waals surface area contributed by atoms with Crippen molar-refractivity contribution in [3.05, 3.63) is 50.1 Å². The lowest BCUT2D eigenvalue weighted by Crippen LogP contribution is -2.31. The van der Waals surface area contributed by atoms with Crippen molar-refractivity contribution in [3.8, 4) is 11.8 Å². The summed E-state index contributed by atoms with van der Waals surface area (Å²) in [5.41, 5.74) is 7.82. The summed E-state index contributed by atoms with van der Waals surface area (Å²) in [6.07, 6.45) is 0.607.